The lowest BCUT2D eigenvalue weighted by atomic mass is 10.1. The van der Waals surface area contributed by atoms with Crippen molar-refractivity contribution in [1.82, 2.24) is 15.0 Å². The zero-order valence-corrected chi connectivity index (χ0v) is 20.2. The first kappa shape index (κ1) is 28.6. The number of aliphatic carboxylic acids is 1. The number of benzene rings is 2. The van der Waals surface area contributed by atoms with Gasteiger partial charge in [-0.3, -0.25) is 14.6 Å². The van der Waals surface area contributed by atoms with Crippen molar-refractivity contribution in [3.8, 4) is 5.75 Å². The molecule has 9 nitrogen and oxygen atoms in total. The van der Waals surface area contributed by atoms with E-state index >= 15 is 0 Å². The maximum Gasteiger partial charge on any atom is 0.490 e. The number of ether oxygens (including phenoxy) is 1. The van der Waals surface area contributed by atoms with Crippen LogP contribution >= 0.6 is 0 Å². The third-order valence-corrected chi connectivity index (χ3v) is 5.05. The van der Waals surface area contributed by atoms with Crippen molar-refractivity contribution < 1.29 is 27.8 Å². The Bertz CT molecular complexity index is 1620. The standard InChI is InChI=1S/C25H22N4O3.C2HF3O2/c26-21(18-9-5-2-6-10-18)16-32-20-12-11-19(27-15-20)14-23-25(31)28-22(24(30)29-23)13-17-7-3-1-4-8-17;3-2(4,5)1(6)7/h1-15,21H,16,26H2,(H,28,31)(H,29,30);(H,6,7)/b22-13-,23-14-;/t21-;/m0./s1. The molecule has 0 radical (unpaired) electrons. The largest absolute Gasteiger partial charge is 0.490 e. The third-order valence-electron chi connectivity index (χ3n) is 5.05. The number of nitrogens with zero attached hydrogens (tertiary/aromatic N) is 1. The number of aromatic amines is 2. The highest BCUT2D eigenvalue weighted by Crippen LogP contribution is 2.14. The number of pyridine rings is 1. The van der Waals surface area contributed by atoms with Gasteiger partial charge < -0.3 is 25.5 Å². The van der Waals surface area contributed by atoms with Crippen molar-refractivity contribution in [2.45, 2.75) is 12.2 Å². The van der Waals surface area contributed by atoms with Crippen LogP contribution in [-0.4, -0.2) is 38.8 Å². The average molecular weight is 540 g/mol. The molecule has 2 aromatic heterocycles. The predicted molar refractivity (Wildman–Crippen MR) is 137 cm³/mol. The van der Waals surface area contributed by atoms with E-state index in [1.807, 2.05) is 60.7 Å². The molecule has 0 amide bonds. The van der Waals surface area contributed by atoms with E-state index in [4.69, 9.17) is 20.4 Å². The van der Waals surface area contributed by atoms with Gasteiger partial charge in [-0.05, 0) is 35.4 Å². The summed E-state index contributed by atoms with van der Waals surface area (Å²) in [5, 5.41) is 7.43. The van der Waals surface area contributed by atoms with Crippen LogP contribution in [0.4, 0.5) is 13.2 Å². The van der Waals surface area contributed by atoms with Crippen LogP contribution in [0, 0.1) is 0 Å². The lowest BCUT2D eigenvalue weighted by Gasteiger charge is -2.13. The molecule has 2 heterocycles. The molecular weight excluding hydrogens is 517 g/mol. The lowest BCUT2D eigenvalue weighted by molar-refractivity contribution is -0.192. The Labute approximate surface area is 218 Å². The van der Waals surface area contributed by atoms with Gasteiger partial charge in [0.05, 0.1) is 17.9 Å². The first-order chi connectivity index (χ1) is 18.5. The van der Waals surface area contributed by atoms with Gasteiger partial charge in [0.1, 0.15) is 23.1 Å². The molecule has 0 aliphatic heterocycles. The Balaban J connectivity index is 0.000000532. The number of carbonyl (C=O) groups is 1. The van der Waals surface area contributed by atoms with E-state index in [-0.39, 0.29) is 16.7 Å². The van der Waals surface area contributed by atoms with Gasteiger partial charge in [0.2, 0.25) is 0 Å². The maximum absolute atomic E-state index is 12.4. The molecule has 2 aromatic carbocycles. The molecule has 4 rings (SSSR count). The first-order valence-corrected chi connectivity index (χ1v) is 11.3. The molecule has 0 fully saturated rings. The Hall–Kier alpha value is -4.97. The normalized spacial score (nSPS) is 12.8. The zero-order chi connectivity index (χ0) is 28.4. The molecule has 5 N–H and O–H groups in total. The van der Waals surface area contributed by atoms with Crippen LogP contribution in [0.5, 0.6) is 5.75 Å². The number of carboxylic acids is 1. The molecule has 1 atom stereocenters. The van der Waals surface area contributed by atoms with E-state index in [1.54, 1.807) is 24.4 Å². The fourth-order valence-electron chi connectivity index (χ4n) is 3.10. The molecule has 0 bridgehead atoms. The predicted octanol–water partition coefficient (Wildman–Crippen LogP) is 1.83. The van der Waals surface area contributed by atoms with Gasteiger partial charge in [-0.15, -0.1) is 0 Å². The fourth-order valence-corrected chi connectivity index (χ4v) is 3.10. The van der Waals surface area contributed by atoms with E-state index < -0.39 is 23.3 Å². The lowest BCUT2D eigenvalue weighted by Crippen LogP contribution is -2.46. The smallest absolute Gasteiger partial charge is 0.490 e. The number of nitrogens with two attached hydrogens (primary N) is 1. The fraction of sp³-hybridized carbons (Fsp3) is 0.111. The zero-order valence-electron chi connectivity index (χ0n) is 20.2. The number of aromatic nitrogens is 3. The summed E-state index contributed by atoms with van der Waals surface area (Å²) in [6, 6.07) is 22.2. The van der Waals surface area contributed by atoms with Crippen LogP contribution in [0.3, 0.4) is 0 Å². The van der Waals surface area contributed by atoms with Crippen molar-refractivity contribution in [2.75, 3.05) is 6.61 Å². The van der Waals surface area contributed by atoms with E-state index in [0.29, 0.717) is 18.1 Å². The van der Waals surface area contributed by atoms with E-state index in [2.05, 4.69) is 15.0 Å². The molecule has 0 aliphatic carbocycles. The quantitative estimate of drug-likeness (QED) is 0.291. The molecule has 0 saturated carbocycles. The minimum Gasteiger partial charge on any atom is -0.490 e. The summed E-state index contributed by atoms with van der Waals surface area (Å²) in [6.07, 6.45) is -0.409. The number of carboxylic acid groups (broad SMARTS) is 1. The summed E-state index contributed by atoms with van der Waals surface area (Å²) in [7, 11) is 0. The van der Waals surface area contributed by atoms with Gasteiger partial charge in [0.25, 0.3) is 11.1 Å². The van der Waals surface area contributed by atoms with Crippen molar-refractivity contribution >= 4 is 18.1 Å². The number of hydrogen-bond donors (Lipinski definition) is 4. The Morgan fingerprint density at radius 2 is 1.46 bits per heavy atom. The highest BCUT2D eigenvalue weighted by Gasteiger charge is 2.38. The molecule has 12 heteroatoms. The summed E-state index contributed by atoms with van der Waals surface area (Å²) in [5.41, 5.74) is 7.64. The van der Waals surface area contributed by atoms with Gasteiger partial charge in [-0.1, -0.05) is 60.7 Å². The van der Waals surface area contributed by atoms with Crippen LogP contribution in [0.25, 0.3) is 12.2 Å². The number of hydrogen-bond acceptors (Lipinski definition) is 6. The molecule has 4 aromatic rings. The van der Waals surface area contributed by atoms with Crippen molar-refractivity contribution in [2.24, 2.45) is 5.73 Å². The molecule has 202 valence electrons. The number of rotatable bonds is 6. The summed E-state index contributed by atoms with van der Waals surface area (Å²) in [5.74, 6) is -2.20. The number of alkyl halides is 3. The Kier molecular flexibility index (Phi) is 9.54. The van der Waals surface area contributed by atoms with Crippen LogP contribution < -0.4 is 32.3 Å². The molecule has 0 aliphatic rings. The second-order valence-electron chi connectivity index (χ2n) is 7.98. The first-order valence-electron chi connectivity index (χ1n) is 11.3. The van der Waals surface area contributed by atoms with Crippen molar-refractivity contribution in [3.63, 3.8) is 0 Å². The second-order valence-corrected chi connectivity index (χ2v) is 7.98. The third kappa shape index (κ3) is 8.83. The summed E-state index contributed by atoms with van der Waals surface area (Å²) in [6.45, 7) is 0.307. The van der Waals surface area contributed by atoms with Crippen LogP contribution in [-0.2, 0) is 4.79 Å². The van der Waals surface area contributed by atoms with Gasteiger partial charge in [-0.25, -0.2) is 4.79 Å². The Morgan fingerprint density at radius 3 is 1.97 bits per heavy atom. The van der Waals surface area contributed by atoms with Crippen molar-refractivity contribution in [3.05, 3.63) is 127 Å². The monoisotopic (exact) mass is 540 g/mol. The number of H-pyrrole nitrogens is 2. The Morgan fingerprint density at radius 1 is 0.923 bits per heavy atom. The molecular formula is C27H23F3N4O5. The second kappa shape index (κ2) is 13.0. The summed E-state index contributed by atoms with van der Waals surface area (Å²) < 4.78 is 37.4. The van der Waals surface area contributed by atoms with Crippen LogP contribution in [0.15, 0.2) is 88.6 Å². The van der Waals surface area contributed by atoms with Crippen LogP contribution in [0.2, 0.25) is 0 Å². The molecule has 0 spiro atoms. The topological polar surface area (TPSA) is 151 Å². The summed E-state index contributed by atoms with van der Waals surface area (Å²) >= 11 is 0. The molecule has 39 heavy (non-hydrogen) atoms. The van der Waals surface area contributed by atoms with E-state index in [0.717, 1.165) is 11.1 Å². The SMILES string of the molecule is N[C@@H](COc1ccc(/C=c2\[nH]c(=O)/c(=C/c3ccccc3)[nH]c2=O)nc1)c1ccccc1.O=C(O)C(F)(F)F. The highest BCUT2D eigenvalue weighted by molar-refractivity contribution is 5.73. The van der Waals surface area contributed by atoms with Gasteiger partial charge in [-0.2, -0.15) is 13.2 Å². The van der Waals surface area contributed by atoms with Gasteiger partial charge in [0, 0.05) is 0 Å². The van der Waals surface area contributed by atoms with E-state index in [1.165, 1.54) is 6.08 Å². The van der Waals surface area contributed by atoms with Crippen LogP contribution in [0.1, 0.15) is 22.9 Å². The number of nitrogens with one attached hydrogen (secondary N) is 2. The van der Waals surface area contributed by atoms with Crippen molar-refractivity contribution in [1.29, 1.82) is 0 Å². The molecule has 0 unspecified atom stereocenters. The van der Waals surface area contributed by atoms with Gasteiger partial charge in [0.15, 0.2) is 0 Å². The minimum absolute atomic E-state index is 0.118. The minimum atomic E-state index is -5.08. The average Bonchev–Trinajstić information content (AvgIpc) is 2.92. The summed E-state index contributed by atoms with van der Waals surface area (Å²) in [4.78, 5) is 43.2. The molecule has 0 saturated heterocycles. The number of halogens is 3. The van der Waals surface area contributed by atoms with Gasteiger partial charge >= 0.3 is 12.1 Å². The maximum atomic E-state index is 12.4. The van der Waals surface area contributed by atoms with E-state index in [9.17, 15) is 22.8 Å². The highest BCUT2D eigenvalue weighted by atomic mass is 19.4.